The molecular formula is C21H15ClFN3O2S2. The number of carbonyl (C=O) groups is 1. The van der Waals surface area contributed by atoms with Crippen LogP contribution in [0.15, 0.2) is 63.9 Å². The van der Waals surface area contributed by atoms with Gasteiger partial charge in [0.15, 0.2) is 5.16 Å². The molecule has 0 aliphatic heterocycles. The van der Waals surface area contributed by atoms with Gasteiger partial charge in [-0.2, -0.15) is 0 Å². The molecular weight excluding hydrogens is 445 g/mol. The van der Waals surface area contributed by atoms with E-state index in [1.165, 1.54) is 22.0 Å². The molecule has 2 aromatic heterocycles. The minimum Gasteiger partial charge on any atom is -0.325 e. The number of aryl methyl sites for hydroxylation is 1. The van der Waals surface area contributed by atoms with Gasteiger partial charge in [0.05, 0.1) is 22.0 Å². The number of nitrogens with one attached hydrogen (secondary N) is 1. The molecule has 0 aliphatic rings. The molecule has 1 amide bonds. The van der Waals surface area contributed by atoms with Crippen molar-refractivity contribution in [3.8, 4) is 5.69 Å². The van der Waals surface area contributed by atoms with E-state index in [1.807, 2.05) is 0 Å². The second-order valence-electron chi connectivity index (χ2n) is 6.42. The predicted molar refractivity (Wildman–Crippen MR) is 121 cm³/mol. The summed E-state index contributed by atoms with van der Waals surface area (Å²) in [7, 11) is 0. The van der Waals surface area contributed by atoms with Crippen LogP contribution in [0, 0.1) is 12.7 Å². The number of fused-ring (bicyclic) bond motifs is 1. The van der Waals surface area contributed by atoms with Gasteiger partial charge in [-0.1, -0.05) is 41.6 Å². The second kappa shape index (κ2) is 8.59. The van der Waals surface area contributed by atoms with E-state index in [9.17, 15) is 14.0 Å². The van der Waals surface area contributed by atoms with Crippen LogP contribution in [0.2, 0.25) is 5.02 Å². The molecule has 0 bridgehead atoms. The van der Waals surface area contributed by atoms with Crippen molar-refractivity contribution >= 4 is 56.5 Å². The normalized spacial score (nSPS) is 11.0. The van der Waals surface area contributed by atoms with Crippen LogP contribution < -0.4 is 10.9 Å². The molecule has 2 aromatic carbocycles. The molecule has 0 aliphatic carbocycles. The lowest BCUT2D eigenvalue weighted by molar-refractivity contribution is -0.113. The summed E-state index contributed by atoms with van der Waals surface area (Å²) in [5.74, 6) is -0.742. The fourth-order valence-electron chi connectivity index (χ4n) is 2.83. The van der Waals surface area contributed by atoms with E-state index in [-0.39, 0.29) is 17.2 Å². The first kappa shape index (κ1) is 20.6. The van der Waals surface area contributed by atoms with Crippen LogP contribution in [-0.4, -0.2) is 21.2 Å². The number of amides is 1. The molecule has 0 saturated carbocycles. The molecule has 0 atom stereocenters. The number of thiophene rings is 1. The summed E-state index contributed by atoms with van der Waals surface area (Å²) in [6.45, 7) is 1.65. The van der Waals surface area contributed by atoms with Gasteiger partial charge >= 0.3 is 0 Å². The van der Waals surface area contributed by atoms with Crippen LogP contribution in [0.4, 0.5) is 10.1 Å². The van der Waals surface area contributed by atoms with Crippen molar-refractivity contribution in [3.05, 3.63) is 80.7 Å². The summed E-state index contributed by atoms with van der Waals surface area (Å²) in [6.07, 6.45) is 0. The molecule has 0 saturated heterocycles. The highest BCUT2D eigenvalue weighted by atomic mass is 35.5. The van der Waals surface area contributed by atoms with Crippen LogP contribution in [0.1, 0.15) is 5.56 Å². The van der Waals surface area contributed by atoms with Crippen molar-refractivity contribution in [1.82, 2.24) is 9.55 Å². The Balaban J connectivity index is 1.64. The Hall–Kier alpha value is -2.68. The van der Waals surface area contributed by atoms with Crippen molar-refractivity contribution < 1.29 is 9.18 Å². The average Bonchev–Trinajstić information content (AvgIpc) is 3.19. The summed E-state index contributed by atoms with van der Waals surface area (Å²) in [6, 6.07) is 13.2. The zero-order valence-corrected chi connectivity index (χ0v) is 18.1. The Bertz CT molecular complexity index is 1320. The van der Waals surface area contributed by atoms with Gasteiger partial charge in [-0.15, -0.1) is 11.3 Å². The number of anilines is 1. The third-order valence-corrected chi connectivity index (χ3v) is 6.48. The molecule has 30 heavy (non-hydrogen) atoms. The number of benzene rings is 2. The summed E-state index contributed by atoms with van der Waals surface area (Å²) < 4.78 is 15.6. The van der Waals surface area contributed by atoms with E-state index in [4.69, 9.17) is 11.6 Å². The number of rotatable bonds is 5. The van der Waals surface area contributed by atoms with Gasteiger partial charge in [0.25, 0.3) is 5.56 Å². The number of aromatic nitrogens is 2. The smallest absolute Gasteiger partial charge is 0.276 e. The Morgan fingerprint density at radius 1 is 1.27 bits per heavy atom. The lowest BCUT2D eigenvalue weighted by atomic mass is 10.2. The molecule has 4 aromatic rings. The van der Waals surface area contributed by atoms with Crippen molar-refractivity contribution in [2.45, 2.75) is 12.1 Å². The number of halogens is 2. The molecule has 0 spiro atoms. The number of carbonyl (C=O) groups excluding carboxylic acids is 1. The predicted octanol–water partition coefficient (Wildman–Crippen LogP) is 5.28. The minimum absolute atomic E-state index is 0.0119. The monoisotopic (exact) mass is 459 g/mol. The fourth-order valence-corrected chi connectivity index (χ4v) is 4.62. The van der Waals surface area contributed by atoms with Crippen molar-refractivity contribution in [1.29, 1.82) is 0 Å². The molecule has 0 radical (unpaired) electrons. The topological polar surface area (TPSA) is 64.0 Å². The molecule has 0 unspecified atom stereocenters. The van der Waals surface area contributed by atoms with Gasteiger partial charge in [0.2, 0.25) is 5.91 Å². The first-order chi connectivity index (χ1) is 14.4. The van der Waals surface area contributed by atoms with Gasteiger partial charge in [-0.3, -0.25) is 14.2 Å². The van der Waals surface area contributed by atoms with Crippen LogP contribution in [0.3, 0.4) is 0 Å². The number of thioether (sulfide) groups is 1. The summed E-state index contributed by atoms with van der Waals surface area (Å²) in [4.78, 5) is 30.0. The third-order valence-electron chi connectivity index (χ3n) is 4.33. The van der Waals surface area contributed by atoms with E-state index in [2.05, 4.69) is 10.3 Å². The van der Waals surface area contributed by atoms with Crippen LogP contribution >= 0.6 is 34.7 Å². The van der Waals surface area contributed by atoms with E-state index >= 15 is 0 Å². The highest BCUT2D eigenvalue weighted by Gasteiger charge is 2.17. The molecule has 152 valence electrons. The summed E-state index contributed by atoms with van der Waals surface area (Å²) >= 11 is 8.73. The van der Waals surface area contributed by atoms with E-state index in [0.717, 1.165) is 11.8 Å². The van der Waals surface area contributed by atoms with Gasteiger partial charge in [-0.05, 0) is 48.2 Å². The lowest BCUT2D eigenvalue weighted by Crippen LogP contribution is -2.22. The highest BCUT2D eigenvalue weighted by Crippen LogP contribution is 2.27. The largest absolute Gasteiger partial charge is 0.325 e. The average molecular weight is 460 g/mol. The van der Waals surface area contributed by atoms with Gasteiger partial charge in [0.1, 0.15) is 10.5 Å². The Kier molecular flexibility index (Phi) is 5.90. The summed E-state index contributed by atoms with van der Waals surface area (Å²) in [5.41, 5.74) is 1.69. The van der Waals surface area contributed by atoms with E-state index in [1.54, 1.807) is 54.8 Å². The van der Waals surface area contributed by atoms with Crippen LogP contribution in [0.5, 0.6) is 0 Å². The van der Waals surface area contributed by atoms with Crippen molar-refractivity contribution in [2.24, 2.45) is 0 Å². The maximum Gasteiger partial charge on any atom is 0.276 e. The van der Waals surface area contributed by atoms with Crippen molar-refractivity contribution in [3.63, 3.8) is 0 Å². The fraction of sp³-hybridized carbons (Fsp3) is 0.0952. The van der Waals surface area contributed by atoms with Gasteiger partial charge in [-0.25, -0.2) is 9.37 Å². The maximum absolute atomic E-state index is 13.7. The van der Waals surface area contributed by atoms with E-state index < -0.39 is 5.82 Å². The zero-order valence-electron chi connectivity index (χ0n) is 15.7. The second-order valence-corrected chi connectivity index (χ2v) is 8.69. The zero-order chi connectivity index (χ0) is 21.3. The van der Waals surface area contributed by atoms with Crippen LogP contribution in [0.25, 0.3) is 15.9 Å². The number of hydrogen-bond donors (Lipinski definition) is 1. The number of para-hydroxylation sites is 1. The quantitative estimate of drug-likeness (QED) is 0.326. The Labute approximate surface area is 184 Å². The first-order valence-electron chi connectivity index (χ1n) is 8.88. The van der Waals surface area contributed by atoms with Crippen LogP contribution in [-0.2, 0) is 4.79 Å². The summed E-state index contributed by atoms with van der Waals surface area (Å²) in [5, 5.41) is 5.21. The molecule has 9 heteroatoms. The molecule has 1 N–H and O–H groups in total. The molecule has 2 heterocycles. The number of hydrogen-bond acceptors (Lipinski definition) is 5. The minimum atomic E-state index is -0.391. The Morgan fingerprint density at radius 2 is 2.07 bits per heavy atom. The standard InChI is InChI=1S/C21H15ClFN3O2S2/c1-12-6-7-13(10-15(12)23)24-18(27)11-30-21-25-16-8-9-29-19(16)20(28)26(21)17-5-3-2-4-14(17)22/h2-10H,11H2,1H3,(H,24,27). The van der Waals surface area contributed by atoms with Gasteiger partial charge < -0.3 is 5.32 Å². The highest BCUT2D eigenvalue weighted by molar-refractivity contribution is 7.99. The maximum atomic E-state index is 13.7. The Morgan fingerprint density at radius 3 is 2.83 bits per heavy atom. The lowest BCUT2D eigenvalue weighted by Gasteiger charge is -2.13. The third kappa shape index (κ3) is 4.12. The molecule has 4 rings (SSSR count). The van der Waals surface area contributed by atoms with Crippen molar-refractivity contribution in [2.75, 3.05) is 11.1 Å². The molecule has 5 nitrogen and oxygen atoms in total. The number of nitrogens with zero attached hydrogens (tertiary/aromatic N) is 2. The molecule has 0 fully saturated rings. The first-order valence-corrected chi connectivity index (χ1v) is 11.1. The van der Waals surface area contributed by atoms with Gasteiger partial charge in [0, 0.05) is 5.69 Å². The SMILES string of the molecule is Cc1ccc(NC(=O)CSc2nc3ccsc3c(=O)n2-c2ccccc2Cl)cc1F. The van der Waals surface area contributed by atoms with E-state index in [0.29, 0.717) is 37.3 Å².